The van der Waals surface area contributed by atoms with E-state index in [1.54, 1.807) is 26.0 Å². The average molecular weight is 221 g/mol. The quantitative estimate of drug-likeness (QED) is 0.793. The minimum Gasteiger partial charge on any atom is -0.480 e. The Morgan fingerprint density at radius 1 is 1.44 bits per heavy atom. The molecule has 16 heavy (non-hydrogen) atoms. The normalized spacial score (nSPS) is 16.4. The smallest absolute Gasteiger partial charge is 0.335 e. The van der Waals surface area contributed by atoms with Gasteiger partial charge in [-0.05, 0) is 32.1 Å². The summed E-state index contributed by atoms with van der Waals surface area (Å²) in [5, 5.41) is 8.78. The largest absolute Gasteiger partial charge is 0.480 e. The van der Waals surface area contributed by atoms with E-state index in [9.17, 15) is 9.18 Å². The third-order valence-electron chi connectivity index (χ3n) is 2.35. The number of fused-ring (bicyclic) bond motifs is 1. The number of carboxylic acids is 1. The van der Waals surface area contributed by atoms with Crippen molar-refractivity contribution in [3.8, 4) is 5.75 Å². The van der Waals surface area contributed by atoms with Crippen LogP contribution in [-0.4, -0.2) is 16.7 Å². The summed E-state index contributed by atoms with van der Waals surface area (Å²) < 4.78 is 19.0. The van der Waals surface area contributed by atoms with Crippen molar-refractivity contribution >= 4 is 12.0 Å². The molecule has 84 valence electrons. The van der Waals surface area contributed by atoms with Crippen LogP contribution in [0, 0.1) is 5.82 Å². The summed E-state index contributed by atoms with van der Waals surface area (Å²) in [6.07, 6.45) is 3.44. The highest BCUT2D eigenvalue weighted by Gasteiger charge is 2.25. The lowest BCUT2D eigenvalue weighted by Crippen LogP contribution is -2.28. The number of carboxylic acid groups (broad SMARTS) is 1. The lowest BCUT2D eigenvalue weighted by molar-refractivity contribution is 0.0696. The second-order valence-electron chi connectivity index (χ2n) is 4.22. The first-order valence-corrected chi connectivity index (χ1v) is 4.84. The molecule has 0 amide bonds. The van der Waals surface area contributed by atoms with E-state index in [0.717, 1.165) is 6.07 Å². The number of ether oxygens (including phenoxy) is 1. The molecule has 0 radical (unpaired) electrons. The Hall–Kier alpha value is -1.84. The van der Waals surface area contributed by atoms with Crippen LogP contribution in [-0.2, 0) is 0 Å². The van der Waals surface area contributed by atoms with Gasteiger partial charge in [-0.25, -0.2) is 9.18 Å². The summed E-state index contributed by atoms with van der Waals surface area (Å²) in [6.45, 7) is 3.61. The molecule has 1 N–H and O–H groups in total. The van der Waals surface area contributed by atoms with Crippen LogP contribution < -0.4 is 4.74 Å². The number of aromatic carboxylic acids is 1. The van der Waals surface area contributed by atoms with E-state index >= 15 is 0 Å². The van der Waals surface area contributed by atoms with E-state index in [-0.39, 0.29) is 11.3 Å². The molecule has 1 aromatic rings. The van der Waals surface area contributed by atoms with E-state index in [2.05, 4.69) is 0 Å². The average Bonchev–Trinajstić information content (AvgIpc) is 2.18. The van der Waals surface area contributed by atoms with Crippen molar-refractivity contribution in [3.63, 3.8) is 0 Å². The molecule has 3 nitrogen and oxygen atoms in total. The summed E-state index contributed by atoms with van der Waals surface area (Å²) in [7, 11) is 0. The van der Waals surface area contributed by atoms with E-state index in [1.165, 1.54) is 6.07 Å². The highest BCUT2D eigenvalue weighted by molar-refractivity contribution is 5.89. The Morgan fingerprint density at radius 3 is 2.75 bits per heavy atom. The van der Waals surface area contributed by atoms with Gasteiger partial charge in [0.05, 0.1) is 5.56 Å². The lowest BCUT2D eigenvalue weighted by Gasteiger charge is -2.28. The molecule has 0 saturated heterocycles. The molecule has 1 aliphatic rings. The van der Waals surface area contributed by atoms with Gasteiger partial charge >= 0.3 is 5.97 Å². The van der Waals surface area contributed by atoms with Crippen molar-refractivity contribution in [3.05, 3.63) is 35.2 Å². The summed E-state index contributed by atoms with van der Waals surface area (Å²) in [5.74, 6) is -1.69. The molecule has 4 heteroatoms. The highest BCUT2D eigenvalue weighted by atomic mass is 18.2. The second kappa shape index (κ2) is 3.33. The van der Waals surface area contributed by atoms with Crippen molar-refractivity contribution in [2.75, 3.05) is 0 Å². The molecule has 0 atom stereocenters. The van der Waals surface area contributed by atoms with Crippen LogP contribution in [0.5, 0.6) is 5.75 Å². The molecular weight excluding hydrogens is 210 g/mol. The van der Waals surface area contributed by atoms with Crippen molar-refractivity contribution in [2.24, 2.45) is 0 Å². The Labute approximate surface area is 92.2 Å². The monoisotopic (exact) mass is 221 g/mol. The van der Waals surface area contributed by atoms with E-state index < -0.39 is 17.4 Å². The molecule has 0 aromatic heterocycles. The molecule has 0 saturated carbocycles. The maximum absolute atomic E-state index is 13.6. The predicted octanol–water partition coefficient (Wildman–Crippen LogP) is 2.71. The van der Waals surface area contributed by atoms with Gasteiger partial charge in [0.2, 0.25) is 0 Å². The number of carbonyl (C=O) groups is 1. The molecule has 0 spiro atoms. The maximum atomic E-state index is 13.6. The SMILES string of the molecule is CC1(C)C=Cc2cc(C(=O)O)cc([18F])c2O1. The summed E-state index contributed by atoms with van der Waals surface area (Å²) in [5.41, 5.74) is -0.195. The predicted molar refractivity (Wildman–Crippen MR) is 57.1 cm³/mol. The van der Waals surface area contributed by atoms with Gasteiger partial charge in [0.15, 0.2) is 11.6 Å². The number of hydrogen-bond acceptors (Lipinski definition) is 2. The number of hydrogen-bond donors (Lipinski definition) is 1. The lowest BCUT2D eigenvalue weighted by atomic mass is 10.0. The standard InChI is InChI=1S/C12H11FO3/c1-12(2)4-3-7-5-8(11(14)15)6-9(13)10(7)16-12/h3-6H,1-2H3,(H,14,15)/i13-1. The Kier molecular flexibility index (Phi) is 2.22. The molecule has 1 heterocycles. The summed E-state index contributed by atoms with van der Waals surface area (Å²) in [4.78, 5) is 10.7. The van der Waals surface area contributed by atoms with Crippen molar-refractivity contribution in [1.29, 1.82) is 0 Å². The van der Waals surface area contributed by atoms with Crippen molar-refractivity contribution in [2.45, 2.75) is 19.4 Å². The zero-order chi connectivity index (χ0) is 11.9. The van der Waals surface area contributed by atoms with Crippen molar-refractivity contribution in [1.82, 2.24) is 0 Å². The van der Waals surface area contributed by atoms with Crippen LogP contribution in [0.15, 0.2) is 18.2 Å². The Bertz CT molecular complexity index is 489. The first-order chi connectivity index (χ1) is 7.39. The number of halogens is 1. The van der Waals surface area contributed by atoms with Crippen molar-refractivity contribution < 1.29 is 19.0 Å². The van der Waals surface area contributed by atoms with Gasteiger partial charge in [-0.2, -0.15) is 0 Å². The van der Waals surface area contributed by atoms with E-state index in [0.29, 0.717) is 5.56 Å². The third-order valence-corrected chi connectivity index (χ3v) is 2.35. The van der Waals surface area contributed by atoms with Gasteiger partial charge < -0.3 is 9.84 Å². The van der Waals surface area contributed by atoms with Gasteiger partial charge in [0, 0.05) is 5.56 Å². The molecule has 1 aliphatic heterocycles. The molecular formula is C12H11FO3. The van der Waals surface area contributed by atoms with Crippen LogP contribution in [0.3, 0.4) is 0 Å². The van der Waals surface area contributed by atoms with Gasteiger partial charge in [0.1, 0.15) is 5.60 Å². The fourth-order valence-corrected chi connectivity index (χ4v) is 1.56. The first-order valence-electron chi connectivity index (χ1n) is 4.84. The van der Waals surface area contributed by atoms with Gasteiger partial charge in [0.25, 0.3) is 0 Å². The first kappa shape index (κ1) is 10.7. The minimum absolute atomic E-state index is 0.0794. The molecule has 1 aromatic carbocycles. The maximum Gasteiger partial charge on any atom is 0.335 e. The number of benzene rings is 1. The third kappa shape index (κ3) is 1.78. The van der Waals surface area contributed by atoms with Crippen LogP contribution in [0.25, 0.3) is 6.08 Å². The molecule has 0 aliphatic carbocycles. The second-order valence-corrected chi connectivity index (χ2v) is 4.22. The fourth-order valence-electron chi connectivity index (χ4n) is 1.56. The van der Waals surface area contributed by atoms with Crippen LogP contribution in [0.4, 0.5) is 4.39 Å². The molecule has 0 bridgehead atoms. The summed E-state index contributed by atoms with van der Waals surface area (Å²) in [6, 6.07) is 2.36. The Morgan fingerprint density at radius 2 is 2.12 bits per heavy atom. The van der Waals surface area contributed by atoms with E-state index in [1.807, 2.05) is 0 Å². The zero-order valence-electron chi connectivity index (χ0n) is 8.95. The fraction of sp³-hybridized carbons (Fsp3) is 0.250. The van der Waals surface area contributed by atoms with Gasteiger partial charge in [-0.3, -0.25) is 0 Å². The topological polar surface area (TPSA) is 46.5 Å². The molecule has 0 unspecified atom stereocenters. The highest BCUT2D eigenvalue weighted by Crippen LogP contribution is 2.33. The van der Waals surface area contributed by atoms with Gasteiger partial charge in [-0.15, -0.1) is 0 Å². The molecule has 2 rings (SSSR count). The zero-order valence-corrected chi connectivity index (χ0v) is 8.95. The summed E-state index contributed by atoms with van der Waals surface area (Å²) >= 11 is 0. The number of rotatable bonds is 1. The van der Waals surface area contributed by atoms with Crippen LogP contribution >= 0.6 is 0 Å². The van der Waals surface area contributed by atoms with Gasteiger partial charge in [-0.1, -0.05) is 6.08 Å². The Balaban J connectivity index is 2.56. The van der Waals surface area contributed by atoms with Crippen LogP contribution in [0.1, 0.15) is 29.8 Å². The minimum atomic E-state index is -1.15. The van der Waals surface area contributed by atoms with E-state index in [4.69, 9.17) is 9.84 Å². The molecule has 0 fully saturated rings. The van der Waals surface area contributed by atoms with Crippen LogP contribution in [0.2, 0.25) is 0 Å².